The van der Waals surface area contributed by atoms with Gasteiger partial charge in [0.05, 0.1) is 19.6 Å². The maximum absolute atomic E-state index is 12.0. The van der Waals surface area contributed by atoms with Gasteiger partial charge in [0.25, 0.3) is 0 Å². The molecule has 0 aliphatic heterocycles. The number of carboxylic acid groups (broad SMARTS) is 1. The highest BCUT2D eigenvalue weighted by Crippen LogP contribution is 2.19. The first-order chi connectivity index (χ1) is 30.5. The Balaban J connectivity index is -0.00000107. The number of rotatable bonds is 38. The fourth-order valence-electron chi connectivity index (χ4n) is 6.02. The van der Waals surface area contributed by atoms with Gasteiger partial charge in [-0.25, -0.2) is 4.21 Å². The normalized spacial score (nSPS) is 12.9. The van der Waals surface area contributed by atoms with Gasteiger partial charge in [-0.3, -0.25) is 28.8 Å². The molecule has 0 fully saturated rings. The standard InChI is InChI=1S/C23H38Cl2O5.C23H40O7.Cl2OS/c2*1-3-4-10-15-20(30-23(28)18-13-16-21(25)26)19(24)14-11-8-6-5-7-9-12-17-22(27)29-2;1-4(2)3/h11,14,19-20H,3-10,12-13,15-18H2,1-2H3;11,14,19-20,24H,3-10,12-13,15-18H2,1-2H3,(H,25,26);. The molecule has 4 atom stereocenters. The molecule has 0 rings (SSSR count). The average Bonchev–Trinajstić information content (AvgIpc) is 3.23. The molecule has 0 saturated heterocycles. The molecule has 18 heteroatoms. The zero-order valence-corrected chi connectivity index (χ0v) is 42.6. The Morgan fingerprint density at radius 3 is 1.38 bits per heavy atom. The van der Waals surface area contributed by atoms with E-state index in [0.717, 1.165) is 122 Å². The van der Waals surface area contributed by atoms with Gasteiger partial charge in [-0.15, -0.1) is 11.6 Å². The molecule has 0 saturated carbocycles. The van der Waals surface area contributed by atoms with E-state index in [-0.39, 0.29) is 61.5 Å². The van der Waals surface area contributed by atoms with Crippen LogP contribution in [0.1, 0.15) is 194 Å². The Bertz CT molecular complexity index is 1210. The van der Waals surface area contributed by atoms with Gasteiger partial charge in [0, 0.05) is 59.9 Å². The van der Waals surface area contributed by atoms with Crippen molar-refractivity contribution in [2.24, 2.45) is 0 Å². The van der Waals surface area contributed by atoms with Gasteiger partial charge in [-0.2, -0.15) is 0 Å². The summed E-state index contributed by atoms with van der Waals surface area (Å²) in [5.41, 5.74) is 0. The van der Waals surface area contributed by atoms with E-state index >= 15 is 0 Å². The monoisotopic (exact) mass is 1010 g/mol. The minimum atomic E-state index is -1.67. The number of carboxylic acids is 1. The Hall–Kier alpha value is -2.23. The number of hydrogen-bond acceptors (Lipinski definition) is 12. The number of aliphatic hydroxyl groups is 1. The summed E-state index contributed by atoms with van der Waals surface area (Å²) in [6.45, 7) is 4.20. The lowest BCUT2D eigenvalue weighted by atomic mass is 10.0. The number of aliphatic hydroxyl groups excluding tert-OH is 1. The number of carbonyl (C=O) groups excluding carboxylic acids is 5. The number of carbonyl (C=O) groups is 6. The van der Waals surface area contributed by atoms with Crippen molar-refractivity contribution in [2.75, 3.05) is 14.2 Å². The van der Waals surface area contributed by atoms with E-state index in [1.54, 1.807) is 6.08 Å². The van der Waals surface area contributed by atoms with E-state index in [0.29, 0.717) is 25.7 Å². The fraction of sp³-hybridized carbons (Fsp3) is 0.783. The molecular weight excluding hydrogens is 934 g/mol. The molecule has 4 unspecified atom stereocenters. The summed E-state index contributed by atoms with van der Waals surface area (Å²) in [5, 5.41) is 18.3. The Labute approximate surface area is 404 Å². The lowest BCUT2D eigenvalue weighted by Gasteiger charge is -2.21. The van der Waals surface area contributed by atoms with Crippen LogP contribution in [0.2, 0.25) is 0 Å². The summed E-state index contributed by atoms with van der Waals surface area (Å²) in [6.07, 6.45) is 26.9. The highest BCUT2D eigenvalue weighted by atomic mass is 36.0. The van der Waals surface area contributed by atoms with Crippen LogP contribution in [0, 0.1) is 0 Å². The van der Waals surface area contributed by atoms with Crippen LogP contribution >= 0.6 is 44.6 Å². The predicted octanol–water partition coefficient (Wildman–Crippen LogP) is 12.1. The van der Waals surface area contributed by atoms with Gasteiger partial charge in [-0.1, -0.05) is 102 Å². The minimum Gasteiger partial charge on any atom is -0.481 e. The van der Waals surface area contributed by atoms with Crippen molar-refractivity contribution in [3.8, 4) is 0 Å². The third-order valence-electron chi connectivity index (χ3n) is 9.62. The smallest absolute Gasteiger partial charge is 0.306 e. The maximum atomic E-state index is 12.0. The van der Waals surface area contributed by atoms with E-state index < -0.39 is 38.6 Å². The Morgan fingerprint density at radius 1 is 0.547 bits per heavy atom. The second-order valence-corrected chi connectivity index (χ2v) is 18.7. The molecule has 0 aromatic carbocycles. The van der Waals surface area contributed by atoms with Crippen LogP contribution in [-0.4, -0.2) is 87.4 Å². The van der Waals surface area contributed by atoms with Gasteiger partial charge < -0.3 is 29.2 Å². The Morgan fingerprint density at radius 2 is 0.938 bits per heavy atom. The molecule has 0 radical (unpaired) electrons. The van der Waals surface area contributed by atoms with Gasteiger partial charge in [-0.05, 0) is 88.7 Å². The zero-order chi connectivity index (χ0) is 48.8. The molecule has 0 aliphatic rings. The van der Waals surface area contributed by atoms with E-state index in [1.165, 1.54) is 14.2 Å². The second kappa shape index (κ2) is 48.7. The maximum Gasteiger partial charge on any atom is 0.306 e. The van der Waals surface area contributed by atoms with E-state index in [9.17, 15) is 33.9 Å². The summed E-state index contributed by atoms with van der Waals surface area (Å²) in [4.78, 5) is 67.4. The molecule has 0 bridgehead atoms. The molecule has 0 heterocycles. The minimum absolute atomic E-state index is 0.0446. The first-order valence-corrected chi connectivity index (χ1v) is 26.5. The largest absolute Gasteiger partial charge is 0.481 e. The summed E-state index contributed by atoms with van der Waals surface area (Å²) >= 11 is 11.8. The van der Waals surface area contributed by atoms with Crippen molar-refractivity contribution >= 4 is 88.9 Å². The van der Waals surface area contributed by atoms with Gasteiger partial charge in [0.15, 0.2) is 0 Å². The first kappa shape index (κ1) is 66.0. The highest BCUT2D eigenvalue weighted by molar-refractivity contribution is 8.26. The van der Waals surface area contributed by atoms with Crippen molar-refractivity contribution in [2.45, 2.75) is 217 Å². The summed E-state index contributed by atoms with van der Waals surface area (Å²) < 4.78 is 29.3. The lowest BCUT2D eigenvalue weighted by molar-refractivity contribution is -0.154. The summed E-state index contributed by atoms with van der Waals surface area (Å²) in [5.74, 6) is -2.04. The first-order valence-electron chi connectivity index (χ1n) is 22.9. The number of esters is 4. The lowest BCUT2D eigenvalue weighted by Crippen LogP contribution is -2.30. The van der Waals surface area contributed by atoms with Crippen LogP contribution < -0.4 is 0 Å². The number of allylic oxidation sites excluding steroid dienone is 2. The van der Waals surface area contributed by atoms with Crippen LogP contribution in [0.4, 0.5) is 0 Å². The molecule has 2 N–H and O–H groups in total. The molecule has 0 amide bonds. The topological polar surface area (TPSA) is 197 Å². The molecule has 0 aromatic heterocycles. The number of ether oxygens (including phenoxy) is 4. The van der Waals surface area contributed by atoms with Gasteiger partial charge in [0.1, 0.15) is 18.3 Å². The number of halogens is 4. The Kier molecular flexibility index (Phi) is 50.3. The number of alkyl halides is 1. The van der Waals surface area contributed by atoms with Crippen LogP contribution in [0.15, 0.2) is 24.3 Å². The third-order valence-corrected chi connectivity index (χ3v) is 10.2. The molecule has 0 aromatic rings. The van der Waals surface area contributed by atoms with Crippen LogP contribution in [0.5, 0.6) is 0 Å². The number of methoxy groups -OCH3 is 2. The summed E-state index contributed by atoms with van der Waals surface area (Å²) in [7, 11) is 10.2. The van der Waals surface area contributed by atoms with Gasteiger partial charge >= 0.3 is 29.8 Å². The van der Waals surface area contributed by atoms with E-state index in [2.05, 4.69) is 50.8 Å². The summed E-state index contributed by atoms with van der Waals surface area (Å²) in [6, 6.07) is 0. The number of hydrogen-bond donors (Lipinski definition) is 2. The third kappa shape index (κ3) is 50.8. The number of aliphatic carboxylic acids is 1. The van der Waals surface area contributed by atoms with Crippen molar-refractivity contribution in [1.29, 1.82) is 0 Å². The van der Waals surface area contributed by atoms with Crippen molar-refractivity contribution in [3.63, 3.8) is 0 Å². The fourth-order valence-corrected chi connectivity index (χ4v) is 6.44. The highest BCUT2D eigenvalue weighted by Gasteiger charge is 2.22. The molecule has 64 heavy (non-hydrogen) atoms. The second-order valence-electron chi connectivity index (χ2n) is 15.2. The van der Waals surface area contributed by atoms with Crippen molar-refractivity contribution in [1.82, 2.24) is 0 Å². The molecular formula is C46H78Cl4O13S. The average molecular weight is 1010 g/mol. The van der Waals surface area contributed by atoms with E-state index in [4.69, 9.17) is 42.0 Å². The SMILES string of the molecule is CCCCCC(OC(=O)CCCC(=O)Cl)C(Cl)C=CCCCCCCCC(=O)OC.CCCCCC(OC(=O)CCCC(=O)O)C(O)C=CCCCCCCCC(=O)OC.O=S(Cl)Cl. The predicted molar refractivity (Wildman–Crippen MR) is 257 cm³/mol. The van der Waals surface area contributed by atoms with Crippen LogP contribution in [-0.2, 0) is 56.9 Å². The van der Waals surface area contributed by atoms with Crippen LogP contribution in [0.3, 0.4) is 0 Å². The molecule has 374 valence electrons. The quantitative estimate of drug-likeness (QED) is 0.0148. The van der Waals surface area contributed by atoms with Crippen LogP contribution in [0.25, 0.3) is 0 Å². The molecule has 13 nitrogen and oxygen atoms in total. The zero-order valence-electron chi connectivity index (χ0n) is 38.7. The number of unbranched alkanes of at least 4 members (excludes halogenated alkanes) is 14. The van der Waals surface area contributed by atoms with Crippen molar-refractivity contribution in [3.05, 3.63) is 24.3 Å². The molecule has 0 aliphatic carbocycles. The van der Waals surface area contributed by atoms with E-state index in [1.807, 2.05) is 12.2 Å². The van der Waals surface area contributed by atoms with Gasteiger partial charge in [0.2, 0.25) is 14.5 Å². The molecule has 0 spiro atoms. The van der Waals surface area contributed by atoms with Crippen molar-refractivity contribution < 1.29 is 62.1 Å².